The number of phenolic OH excluding ortho intramolecular Hbond substituents is 1. The van der Waals surface area contributed by atoms with Crippen LogP contribution in [0.3, 0.4) is 0 Å². The van der Waals surface area contributed by atoms with Crippen LogP contribution in [0, 0.1) is 44.9 Å². The van der Waals surface area contributed by atoms with Crippen molar-refractivity contribution in [2.75, 3.05) is 0 Å². The second-order valence-corrected chi connectivity index (χ2v) is 37.2. The Morgan fingerprint density at radius 1 is 0.500 bits per heavy atom. The zero-order chi connectivity index (χ0) is 70.2. The number of hydrogen-bond donors (Lipinski definition) is 2. The topological polar surface area (TPSA) is 68.8 Å². The minimum absolute atomic E-state index is 0. The van der Waals surface area contributed by atoms with Crippen molar-refractivity contribution < 1.29 is 45.5 Å². The number of aromatic nitrogens is 2. The maximum absolute atomic E-state index is 14.6. The number of aliphatic hydroxyl groups is 1. The molecule has 2 heterocycles. The predicted molar refractivity (Wildman–Crippen MR) is 421 cm³/mol. The van der Waals surface area contributed by atoms with E-state index in [4.69, 9.17) is 32.7 Å². The third-order valence-electron chi connectivity index (χ3n) is 19.8. The number of phenols is 1. The van der Waals surface area contributed by atoms with E-state index >= 15 is 0 Å². The second kappa shape index (κ2) is 27.7. The Bertz CT molecular complexity index is 4360. The van der Waals surface area contributed by atoms with Crippen LogP contribution in [-0.2, 0) is 57.7 Å². The average Bonchev–Trinajstić information content (AvgIpc) is 1.48. The minimum atomic E-state index is -1.96. The molecule has 9 heteroatoms. The first kappa shape index (κ1) is 79.9. The van der Waals surface area contributed by atoms with Crippen molar-refractivity contribution in [2.24, 2.45) is 16.2 Å². The van der Waals surface area contributed by atoms with Gasteiger partial charge in [0.1, 0.15) is 17.5 Å². The van der Waals surface area contributed by atoms with Gasteiger partial charge < -0.3 is 43.7 Å². The molecule has 0 spiro atoms. The van der Waals surface area contributed by atoms with Crippen LogP contribution < -0.4 is 4.74 Å². The maximum Gasteiger partial charge on any atom is 0.218 e. The summed E-state index contributed by atoms with van der Waals surface area (Å²) in [6.07, 6.45) is 5.58. The molecule has 4 atom stereocenters. The number of ether oxygens (including phenoxy) is 2. The summed E-state index contributed by atoms with van der Waals surface area (Å²) in [6.45, 7) is 58.4. The number of fused-ring (bicyclic) bond motifs is 6. The van der Waals surface area contributed by atoms with Crippen LogP contribution in [0.2, 0.25) is 10.0 Å². The van der Waals surface area contributed by atoms with Gasteiger partial charge >= 0.3 is 0 Å². The van der Waals surface area contributed by atoms with E-state index in [1.165, 1.54) is 22.3 Å². The van der Waals surface area contributed by atoms with E-state index in [9.17, 15) is 10.2 Å². The van der Waals surface area contributed by atoms with E-state index < -0.39 is 24.0 Å². The molecule has 2 N–H and O–H groups in total. The molecule has 9 aromatic rings. The number of halogens is 2. The fraction of sp³-hybridized carbons (Fsp3) is 0.461. The van der Waals surface area contributed by atoms with E-state index in [2.05, 4.69) is 278 Å². The zero-order valence-electron chi connectivity index (χ0n) is 64.8. The fourth-order valence-corrected chi connectivity index (χ4v) is 16.2. The zero-order valence-corrected chi connectivity index (χ0v) is 69.9. The van der Waals surface area contributed by atoms with Crippen molar-refractivity contribution in [3.05, 3.63) is 202 Å². The Kier molecular flexibility index (Phi) is 22.6. The van der Waals surface area contributed by atoms with Gasteiger partial charge in [0.2, 0.25) is 5.79 Å². The predicted octanol–water partition coefficient (Wildman–Crippen LogP) is 26.0. The molecule has 0 amide bonds. The Balaban J connectivity index is 0.00000451. The van der Waals surface area contributed by atoms with Gasteiger partial charge in [-0.1, -0.05) is 212 Å². The molecule has 1 aliphatic rings. The third kappa shape index (κ3) is 16.2. The van der Waals surface area contributed by atoms with E-state index in [0.717, 1.165) is 84.3 Å². The summed E-state index contributed by atoms with van der Waals surface area (Å²) in [5.41, 5.74) is 15.4. The first-order chi connectivity index (χ1) is 43.5. The molecule has 98 heavy (non-hydrogen) atoms. The van der Waals surface area contributed by atoms with Gasteiger partial charge in [-0.25, -0.2) is 0 Å². The van der Waals surface area contributed by atoms with Crippen LogP contribution >= 0.6 is 23.2 Å². The molecule has 0 bridgehead atoms. The van der Waals surface area contributed by atoms with E-state index in [0.29, 0.717) is 44.6 Å². The van der Waals surface area contributed by atoms with Crippen LogP contribution in [-0.4, -0.2) is 37.3 Å². The summed E-state index contributed by atoms with van der Waals surface area (Å²) in [5.74, 6) is -1.22. The number of aromatic hydroxyl groups is 1. The van der Waals surface area contributed by atoms with Crippen molar-refractivity contribution in [2.45, 2.75) is 250 Å². The SMILES string of the molecule is Cc1cc(Cl)cc(C2=CC(C(C)(C)CC(C)(C)C)=CC(n3c4ccc(C(C)(C)C)cc4c4cc(C(C)(C)C)ccc43)C2(O)OC(C)CC(C)Oc2c(C)cc(Cl)cc2-c2cc(C(C)(C)CC(C)(C)C)cc(-n3c4ccc(C(C)(C)C)cc4c4cc(C(C)(C)C)ccc43)c2O)c1.[CH3-].[CH3-].[Hf]. The fourth-order valence-electron chi connectivity index (χ4n) is 15.6. The monoisotopic (exact) mass is 1530 g/mol. The molecule has 0 aliphatic heterocycles. The van der Waals surface area contributed by atoms with Crippen LogP contribution in [0.15, 0.2) is 133 Å². The van der Waals surface area contributed by atoms with Crippen molar-refractivity contribution in [1.82, 2.24) is 9.13 Å². The molecule has 526 valence electrons. The summed E-state index contributed by atoms with van der Waals surface area (Å²) in [6, 6.07) is 41.0. The number of allylic oxidation sites excluding steroid dienone is 2. The molecule has 7 aromatic carbocycles. The number of nitrogens with zero attached hydrogens (tertiary/aromatic N) is 2. The molecule has 4 unspecified atom stereocenters. The van der Waals surface area contributed by atoms with Crippen molar-refractivity contribution in [1.29, 1.82) is 0 Å². The number of benzene rings is 7. The van der Waals surface area contributed by atoms with E-state index in [1.807, 2.05) is 38.1 Å². The summed E-state index contributed by atoms with van der Waals surface area (Å²) in [7, 11) is 0. The summed E-state index contributed by atoms with van der Waals surface area (Å²) >= 11 is 14.3. The first-order valence-corrected chi connectivity index (χ1v) is 35.5. The van der Waals surface area contributed by atoms with Crippen molar-refractivity contribution in [3.8, 4) is 28.3 Å². The van der Waals surface area contributed by atoms with Gasteiger partial charge in [-0.2, -0.15) is 0 Å². The van der Waals surface area contributed by atoms with E-state index in [1.54, 1.807) is 0 Å². The second-order valence-electron chi connectivity index (χ2n) is 36.3. The van der Waals surface area contributed by atoms with Crippen LogP contribution in [0.4, 0.5) is 0 Å². The van der Waals surface area contributed by atoms with Crippen LogP contribution in [0.1, 0.15) is 236 Å². The molecular formula is C89H116Cl2HfN2O4-2. The molecule has 2 aromatic heterocycles. The number of hydrogen-bond acceptors (Lipinski definition) is 4. The quantitative estimate of drug-likeness (QED) is 0.0647. The van der Waals surface area contributed by atoms with E-state index in [-0.39, 0.29) is 89.8 Å². The minimum Gasteiger partial charge on any atom is -0.505 e. The molecule has 0 fully saturated rings. The Labute approximate surface area is 619 Å². The summed E-state index contributed by atoms with van der Waals surface area (Å²) in [4.78, 5) is 0. The maximum atomic E-state index is 14.6. The van der Waals surface area contributed by atoms with Gasteiger partial charge in [0.15, 0.2) is 0 Å². The largest absolute Gasteiger partial charge is 0.505 e. The normalized spacial score (nSPS) is 16.8. The Morgan fingerprint density at radius 2 is 0.929 bits per heavy atom. The molecule has 6 nitrogen and oxygen atoms in total. The van der Waals surface area contributed by atoms with Crippen molar-refractivity contribution in [3.63, 3.8) is 0 Å². The van der Waals surface area contributed by atoms with Gasteiger partial charge in [0.05, 0.1) is 28.9 Å². The molecule has 0 radical (unpaired) electrons. The number of rotatable bonds is 14. The van der Waals surface area contributed by atoms with Gasteiger partial charge in [-0.15, -0.1) is 0 Å². The molecule has 0 saturated heterocycles. The number of aryl methyl sites for hydroxylation is 2. The molecular weight excluding hydrogens is 1410 g/mol. The van der Waals surface area contributed by atoms with Crippen LogP contribution in [0.5, 0.6) is 11.5 Å². The average molecular weight is 1530 g/mol. The van der Waals surface area contributed by atoms with Gasteiger partial charge in [-0.3, -0.25) is 0 Å². The summed E-state index contributed by atoms with van der Waals surface area (Å²) < 4.78 is 19.5. The van der Waals surface area contributed by atoms with Gasteiger partial charge in [-0.05, 0) is 225 Å². The first-order valence-electron chi connectivity index (χ1n) is 34.7. The molecule has 0 saturated carbocycles. The third-order valence-corrected chi connectivity index (χ3v) is 20.3. The smallest absolute Gasteiger partial charge is 0.218 e. The Morgan fingerprint density at radius 3 is 1.37 bits per heavy atom. The standard InChI is InChI=1S/C87H110Cl2N2O4.2CH3.Hf/c1-51-35-55(39-62(88)36-51)70-45-61(86(25,26)50-80(8,9)10)47-76(91-73-33-29-58(83(17,18)19)42-66(73)67-43-59(84(20,21)22)30-34-74(67)91)87(70,93)95-54(4)38-53(3)94-78-52(2)37-63(89)48-69(78)68-44-60(85(23,24)49-79(5,6)7)46-75(77(68)92)90-71-31-27-56(81(11,12)13)40-64(71)65-41-57(82(14,15)16)28-32-72(65)90;;;/h27-37,39-48,53-54,76,92-93H,38,49-50H2,1-26H3;2*1H3;/q;2*-1;. The van der Waals surface area contributed by atoms with Gasteiger partial charge in [0, 0.05) is 91.6 Å². The Hall–Kier alpha value is -5.41. The van der Waals surface area contributed by atoms with Crippen molar-refractivity contribution >= 4 is 72.4 Å². The molecule has 10 rings (SSSR count). The van der Waals surface area contributed by atoms with Gasteiger partial charge in [0.25, 0.3) is 0 Å². The summed E-state index contributed by atoms with van der Waals surface area (Å²) in [5, 5.41) is 33.7. The van der Waals surface area contributed by atoms with Crippen LogP contribution in [0.25, 0.3) is 66.0 Å². The molecule has 1 aliphatic carbocycles.